The van der Waals surface area contributed by atoms with E-state index in [2.05, 4.69) is 35.7 Å². The topological polar surface area (TPSA) is 128 Å². The van der Waals surface area contributed by atoms with Gasteiger partial charge >= 0.3 is 12.1 Å². The Morgan fingerprint density at radius 3 is 2.02 bits per heavy atom. The third kappa shape index (κ3) is 8.81. The average molecular weight is 601 g/mol. The number of hydrogen-bond acceptors (Lipinski definition) is 7. The maximum atomic E-state index is 13.4. The highest BCUT2D eigenvalue weighted by atomic mass is 32.2. The number of aliphatic carboxylic acids is 1. The molecular formula is C27H35F3N4O6S. The fraction of sp³-hybridized carbons (Fsp3) is 0.481. The van der Waals surface area contributed by atoms with E-state index in [4.69, 9.17) is 14.6 Å². The lowest BCUT2D eigenvalue weighted by Gasteiger charge is -2.33. The van der Waals surface area contributed by atoms with E-state index in [0.29, 0.717) is 37.6 Å². The third-order valence-corrected chi connectivity index (χ3v) is 7.91. The molecule has 226 valence electrons. The van der Waals surface area contributed by atoms with Gasteiger partial charge in [-0.05, 0) is 41.3 Å². The predicted molar refractivity (Wildman–Crippen MR) is 148 cm³/mol. The molecule has 0 saturated carbocycles. The van der Waals surface area contributed by atoms with Crippen LogP contribution in [0.2, 0.25) is 0 Å². The standard InChI is InChI=1S/C25H34N4O4S.C2HF3O2/c1-25(2,3)19-4-7-21(8-5-19)34(31,32)27-20-6-9-23(28-12-10-26-11-13-28)22(18-20)24(30)29-14-16-33-17-15-29;3-2(4,5)1(6)7/h4-9,18,26-27H,10-17H2,1-3H3;(H,6,7). The molecular weight excluding hydrogens is 565 g/mol. The normalized spacial score (nSPS) is 16.4. The summed E-state index contributed by atoms with van der Waals surface area (Å²) in [6.07, 6.45) is -5.08. The molecule has 2 heterocycles. The van der Waals surface area contributed by atoms with Crippen molar-refractivity contribution >= 4 is 33.3 Å². The number of carboxylic acid groups (broad SMARTS) is 1. The highest BCUT2D eigenvalue weighted by molar-refractivity contribution is 7.92. The van der Waals surface area contributed by atoms with E-state index in [1.165, 1.54) is 0 Å². The molecule has 0 radical (unpaired) electrons. The lowest BCUT2D eigenvalue weighted by atomic mass is 9.87. The number of piperazine rings is 1. The van der Waals surface area contributed by atoms with E-state index in [1.807, 2.05) is 18.2 Å². The minimum absolute atomic E-state index is 0.0652. The Hall–Kier alpha value is -3.36. The van der Waals surface area contributed by atoms with Crippen LogP contribution in [0.1, 0.15) is 36.7 Å². The van der Waals surface area contributed by atoms with Gasteiger partial charge in [-0.15, -0.1) is 0 Å². The average Bonchev–Trinajstić information content (AvgIpc) is 2.93. The highest BCUT2D eigenvalue weighted by Crippen LogP contribution is 2.29. The number of nitrogens with zero attached hydrogens (tertiary/aromatic N) is 2. The van der Waals surface area contributed by atoms with E-state index in [0.717, 1.165) is 37.4 Å². The summed E-state index contributed by atoms with van der Waals surface area (Å²) in [5.74, 6) is -2.86. The molecule has 0 bridgehead atoms. The summed E-state index contributed by atoms with van der Waals surface area (Å²) in [6, 6.07) is 12.2. The summed E-state index contributed by atoms with van der Waals surface area (Å²) < 4.78 is 66.0. The fourth-order valence-electron chi connectivity index (χ4n) is 4.24. The van der Waals surface area contributed by atoms with Gasteiger partial charge in [0.15, 0.2) is 0 Å². The van der Waals surface area contributed by atoms with Gasteiger partial charge in [-0.25, -0.2) is 13.2 Å². The maximum absolute atomic E-state index is 13.4. The van der Waals surface area contributed by atoms with E-state index < -0.39 is 22.2 Å². The molecule has 0 spiro atoms. The SMILES string of the molecule is CC(C)(C)c1ccc(S(=O)(=O)Nc2ccc(N3CCNCC3)c(C(=O)N3CCOCC3)c2)cc1.O=C(O)C(F)(F)F. The molecule has 3 N–H and O–H groups in total. The van der Waals surface area contributed by atoms with E-state index in [-0.39, 0.29) is 16.2 Å². The molecule has 0 aromatic heterocycles. The number of nitrogens with one attached hydrogen (secondary N) is 2. The second-order valence-electron chi connectivity index (χ2n) is 10.6. The number of halogens is 3. The Morgan fingerprint density at radius 2 is 1.51 bits per heavy atom. The van der Waals surface area contributed by atoms with Crippen LogP contribution < -0.4 is 14.9 Å². The van der Waals surface area contributed by atoms with Crippen molar-refractivity contribution in [1.82, 2.24) is 10.2 Å². The number of amides is 1. The first kappa shape index (κ1) is 32.2. The largest absolute Gasteiger partial charge is 0.490 e. The molecule has 0 aliphatic carbocycles. The number of carboxylic acids is 1. The summed E-state index contributed by atoms with van der Waals surface area (Å²) in [5, 5.41) is 10.5. The quantitative estimate of drug-likeness (QED) is 0.477. The number of carbonyl (C=O) groups is 2. The lowest BCUT2D eigenvalue weighted by molar-refractivity contribution is -0.192. The van der Waals surface area contributed by atoms with Crippen LogP contribution in [0, 0.1) is 0 Å². The van der Waals surface area contributed by atoms with Crippen molar-refractivity contribution in [1.29, 1.82) is 0 Å². The number of hydrogen-bond donors (Lipinski definition) is 3. The van der Waals surface area contributed by atoms with Crippen LogP contribution in [0.3, 0.4) is 0 Å². The van der Waals surface area contributed by atoms with Crippen LogP contribution in [0.5, 0.6) is 0 Å². The zero-order valence-corrected chi connectivity index (χ0v) is 23.9. The summed E-state index contributed by atoms with van der Waals surface area (Å²) in [5.41, 5.74) is 2.70. The fourth-order valence-corrected chi connectivity index (χ4v) is 5.29. The molecule has 2 saturated heterocycles. The van der Waals surface area contributed by atoms with Gasteiger partial charge < -0.3 is 25.0 Å². The Balaban J connectivity index is 0.000000587. The van der Waals surface area contributed by atoms with Crippen LogP contribution >= 0.6 is 0 Å². The van der Waals surface area contributed by atoms with Crippen LogP contribution in [0.25, 0.3) is 0 Å². The van der Waals surface area contributed by atoms with Crippen molar-refractivity contribution in [3.63, 3.8) is 0 Å². The summed E-state index contributed by atoms with van der Waals surface area (Å²) >= 11 is 0. The summed E-state index contributed by atoms with van der Waals surface area (Å²) in [6.45, 7) is 11.6. The number of sulfonamides is 1. The molecule has 10 nitrogen and oxygen atoms in total. The maximum Gasteiger partial charge on any atom is 0.490 e. The van der Waals surface area contributed by atoms with Crippen molar-refractivity contribution in [2.75, 3.05) is 62.1 Å². The summed E-state index contributed by atoms with van der Waals surface area (Å²) in [4.78, 5) is 26.5. The Bertz CT molecular complexity index is 1320. The van der Waals surface area contributed by atoms with Crippen LogP contribution in [0.4, 0.5) is 24.5 Å². The summed E-state index contributed by atoms with van der Waals surface area (Å²) in [7, 11) is -3.80. The zero-order chi connectivity index (χ0) is 30.4. The lowest BCUT2D eigenvalue weighted by Crippen LogP contribution is -2.45. The number of benzene rings is 2. The van der Waals surface area contributed by atoms with Crippen molar-refractivity contribution in [2.45, 2.75) is 37.3 Å². The molecule has 4 rings (SSSR count). The number of morpholine rings is 1. The van der Waals surface area contributed by atoms with Gasteiger partial charge in [0.2, 0.25) is 0 Å². The van der Waals surface area contributed by atoms with Crippen molar-refractivity contribution in [3.05, 3.63) is 53.6 Å². The second-order valence-corrected chi connectivity index (χ2v) is 12.2. The zero-order valence-electron chi connectivity index (χ0n) is 23.1. The van der Waals surface area contributed by atoms with Gasteiger partial charge in [-0.1, -0.05) is 32.9 Å². The van der Waals surface area contributed by atoms with Gasteiger partial charge in [0.1, 0.15) is 0 Å². The first-order chi connectivity index (χ1) is 19.1. The minimum atomic E-state index is -5.08. The number of ether oxygens (including phenoxy) is 1. The highest BCUT2D eigenvalue weighted by Gasteiger charge is 2.38. The first-order valence-corrected chi connectivity index (χ1v) is 14.5. The number of carbonyl (C=O) groups excluding carboxylic acids is 1. The molecule has 2 aliphatic heterocycles. The van der Waals surface area contributed by atoms with Crippen LogP contribution in [0.15, 0.2) is 47.4 Å². The molecule has 1 amide bonds. The first-order valence-electron chi connectivity index (χ1n) is 13.0. The third-order valence-electron chi connectivity index (χ3n) is 6.51. The van der Waals surface area contributed by atoms with E-state index in [9.17, 15) is 26.4 Å². The number of alkyl halides is 3. The predicted octanol–water partition coefficient (Wildman–Crippen LogP) is 3.30. The minimum Gasteiger partial charge on any atom is -0.475 e. The van der Waals surface area contributed by atoms with Gasteiger partial charge in [0.05, 0.1) is 23.7 Å². The number of anilines is 2. The molecule has 2 aromatic rings. The van der Waals surface area contributed by atoms with Gasteiger partial charge in [0.25, 0.3) is 15.9 Å². The molecule has 2 aromatic carbocycles. The van der Waals surface area contributed by atoms with Crippen molar-refractivity contribution in [2.24, 2.45) is 0 Å². The van der Waals surface area contributed by atoms with Gasteiger partial charge in [-0.2, -0.15) is 13.2 Å². The van der Waals surface area contributed by atoms with Crippen LogP contribution in [-0.4, -0.2) is 89.0 Å². The monoisotopic (exact) mass is 600 g/mol. The second kappa shape index (κ2) is 13.1. The molecule has 41 heavy (non-hydrogen) atoms. The molecule has 14 heteroatoms. The smallest absolute Gasteiger partial charge is 0.475 e. The number of rotatable bonds is 5. The van der Waals surface area contributed by atoms with E-state index >= 15 is 0 Å². The van der Waals surface area contributed by atoms with Crippen LogP contribution in [-0.2, 0) is 25.0 Å². The van der Waals surface area contributed by atoms with Gasteiger partial charge in [-0.3, -0.25) is 9.52 Å². The van der Waals surface area contributed by atoms with Gasteiger partial charge in [0, 0.05) is 50.6 Å². The molecule has 2 fully saturated rings. The Morgan fingerprint density at radius 1 is 0.951 bits per heavy atom. The van der Waals surface area contributed by atoms with Crippen molar-refractivity contribution in [3.8, 4) is 0 Å². The van der Waals surface area contributed by atoms with E-state index in [1.54, 1.807) is 29.2 Å². The molecule has 0 unspecified atom stereocenters. The molecule has 2 aliphatic rings. The van der Waals surface area contributed by atoms with Crippen molar-refractivity contribution < 1.29 is 41.0 Å². The molecule has 0 atom stereocenters. The Labute approximate surface area is 237 Å². The Kier molecular flexibility index (Phi) is 10.3.